The van der Waals surface area contributed by atoms with Crippen molar-refractivity contribution in [1.29, 1.82) is 0 Å². The van der Waals surface area contributed by atoms with Gasteiger partial charge in [-0.3, -0.25) is 4.79 Å². The summed E-state index contributed by atoms with van der Waals surface area (Å²) in [7, 11) is 0. The van der Waals surface area contributed by atoms with Crippen LogP contribution in [0.4, 0.5) is 0 Å². The Balaban J connectivity index is 3.00. The second-order valence-corrected chi connectivity index (χ2v) is 3.80. The van der Waals surface area contributed by atoms with Crippen LogP contribution < -0.4 is 0 Å². The van der Waals surface area contributed by atoms with E-state index in [4.69, 9.17) is 5.11 Å². The van der Waals surface area contributed by atoms with Crippen LogP contribution >= 0.6 is 0 Å². The molecule has 1 aromatic rings. The number of hydrogen-bond donors (Lipinski definition) is 1. The van der Waals surface area contributed by atoms with Gasteiger partial charge < -0.3 is 14.5 Å². The van der Waals surface area contributed by atoms with Gasteiger partial charge in [-0.15, -0.1) is 0 Å². The minimum absolute atomic E-state index is 0.108. The molecule has 6 nitrogen and oxygen atoms in total. The first-order valence-electron chi connectivity index (χ1n) is 4.87. The van der Waals surface area contributed by atoms with E-state index in [0.717, 1.165) is 0 Å². The van der Waals surface area contributed by atoms with Crippen LogP contribution in [-0.4, -0.2) is 39.1 Å². The van der Waals surface area contributed by atoms with E-state index >= 15 is 0 Å². The van der Waals surface area contributed by atoms with E-state index in [2.05, 4.69) is 9.68 Å². The summed E-state index contributed by atoms with van der Waals surface area (Å²) in [6.45, 7) is 4.93. The Morgan fingerprint density at radius 1 is 1.56 bits per heavy atom. The molecule has 0 bridgehead atoms. The second-order valence-electron chi connectivity index (χ2n) is 3.80. The summed E-state index contributed by atoms with van der Waals surface area (Å²) < 4.78 is 4.56. The molecule has 1 heterocycles. The summed E-state index contributed by atoms with van der Waals surface area (Å²) in [6.07, 6.45) is 1.27. The number of carbonyl (C=O) groups excluding carboxylic acids is 1. The van der Waals surface area contributed by atoms with Crippen molar-refractivity contribution in [1.82, 2.24) is 10.1 Å². The van der Waals surface area contributed by atoms with Crippen molar-refractivity contribution in [2.45, 2.75) is 26.3 Å². The topological polar surface area (TPSA) is 83.6 Å². The SMILES string of the molecule is CCN(C(=O)c1ccon1)C(C)(C)C(=O)O. The molecule has 1 amide bonds. The molecule has 88 valence electrons. The lowest BCUT2D eigenvalue weighted by molar-refractivity contribution is -0.147. The molecular formula is C10H14N2O4. The standard InChI is InChI=1S/C10H14N2O4/c1-4-12(10(2,3)9(14)15)8(13)7-5-6-16-11-7/h5-6H,4H2,1-3H3,(H,14,15). The molecule has 1 N–H and O–H groups in total. The summed E-state index contributed by atoms with van der Waals surface area (Å²) in [5.41, 5.74) is -1.17. The largest absolute Gasteiger partial charge is 0.480 e. The zero-order valence-corrected chi connectivity index (χ0v) is 9.43. The van der Waals surface area contributed by atoms with Crippen LogP contribution in [0.15, 0.2) is 16.9 Å². The minimum Gasteiger partial charge on any atom is -0.480 e. The first-order valence-corrected chi connectivity index (χ1v) is 4.87. The molecule has 1 aromatic heterocycles. The highest BCUT2D eigenvalue weighted by Crippen LogP contribution is 2.17. The van der Waals surface area contributed by atoms with E-state index in [-0.39, 0.29) is 12.2 Å². The molecular weight excluding hydrogens is 212 g/mol. The predicted molar refractivity (Wildman–Crippen MR) is 54.9 cm³/mol. The van der Waals surface area contributed by atoms with Gasteiger partial charge in [0.2, 0.25) is 0 Å². The molecule has 0 saturated heterocycles. The number of carbonyl (C=O) groups is 2. The monoisotopic (exact) mass is 226 g/mol. The summed E-state index contributed by atoms with van der Waals surface area (Å²) in [5.74, 6) is -1.52. The van der Waals surface area contributed by atoms with Crippen molar-refractivity contribution in [2.24, 2.45) is 0 Å². The fourth-order valence-electron chi connectivity index (χ4n) is 1.37. The normalized spacial score (nSPS) is 11.2. The number of rotatable bonds is 4. The molecule has 0 aliphatic carbocycles. The number of likely N-dealkylation sites (N-methyl/N-ethyl adjacent to an activating group) is 1. The first kappa shape index (κ1) is 12.2. The zero-order valence-electron chi connectivity index (χ0n) is 9.43. The van der Waals surface area contributed by atoms with Crippen LogP contribution in [0.25, 0.3) is 0 Å². The van der Waals surface area contributed by atoms with Gasteiger partial charge in [0.1, 0.15) is 11.8 Å². The van der Waals surface area contributed by atoms with Gasteiger partial charge in [0.15, 0.2) is 5.69 Å². The average molecular weight is 226 g/mol. The third kappa shape index (κ3) is 2.05. The summed E-state index contributed by atoms with van der Waals surface area (Å²) in [5, 5.41) is 12.6. The molecule has 1 rings (SSSR count). The zero-order chi connectivity index (χ0) is 12.3. The van der Waals surface area contributed by atoms with Gasteiger partial charge in [-0.05, 0) is 20.8 Å². The Morgan fingerprint density at radius 3 is 2.56 bits per heavy atom. The molecule has 16 heavy (non-hydrogen) atoms. The molecule has 0 saturated carbocycles. The highest BCUT2D eigenvalue weighted by Gasteiger charge is 2.37. The van der Waals surface area contributed by atoms with Crippen molar-refractivity contribution in [3.63, 3.8) is 0 Å². The Bertz CT molecular complexity index is 384. The van der Waals surface area contributed by atoms with Gasteiger partial charge in [-0.25, -0.2) is 4.79 Å². The fourth-order valence-corrected chi connectivity index (χ4v) is 1.37. The van der Waals surface area contributed by atoms with Gasteiger partial charge in [-0.2, -0.15) is 0 Å². The molecule has 0 aliphatic heterocycles. The van der Waals surface area contributed by atoms with Crippen LogP contribution in [0.2, 0.25) is 0 Å². The molecule has 0 aromatic carbocycles. The summed E-state index contributed by atoms with van der Waals surface area (Å²) in [6, 6.07) is 1.41. The van der Waals surface area contributed by atoms with E-state index in [1.54, 1.807) is 6.92 Å². The number of amides is 1. The third-order valence-electron chi connectivity index (χ3n) is 2.42. The molecule has 0 unspecified atom stereocenters. The number of aliphatic carboxylic acids is 1. The lowest BCUT2D eigenvalue weighted by Crippen LogP contribution is -2.53. The van der Waals surface area contributed by atoms with Gasteiger partial charge in [0, 0.05) is 12.6 Å². The maximum Gasteiger partial charge on any atom is 0.329 e. The van der Waals surface area contributed by atoms with Crippen molar-refractivity contribution < 1.29 is 19.2 Å². The van der Waals surface area contributed by atoms with Gasteiger partial charge in [-0.1, -0.05) is 5.16 Å². The second kappa shape index (κ2) is 4.34. The van der Waals surface area contributed by atoms with Crippen LogP contribution in [0, 0.1) is 0 Å². The van der Waals surface area contributed by atoms with Crippen molar-refractivity contribution in [3.05, 3.63) is 18.0 Å². The average Bonchev–Trinajstić information content (AvgIpc) is 2.70. The number of aromatic nitrogens is 1. The molecule has 6 heteroatoms. The van der Waals surface area contributed by atoms with E-state index in [1.807, 2.05) is 0 Å². The summed E-state index contributed by atoms with van der Waals surface area (Å²) >= 11 is 0. The highest BCUT2D eigenvalue weighted by molar-refractivity contribution is 5.95. The van der Waals surface area contributed by atoms with E-state index in [1.165, 1.54) is 31.1 Å². The van der Waals surface area contributed by atoms with Crippen LogP contribution in [0.1, 0.15) is 31.3 Å². The maximum absolute atomic E-state index is 11.9. The number of carboxylic acids is 1. The first-order chi connectivity index (χ1) is 7.41. The van der Waals surface area contributed by atoms with Crippen molar-refractivity contribution in [2.75, 3.05) is 6.54 Å². The Labute approximate surface area is 92.8 Å². The third-order valence-corrected chi connectivity index (χ3v) is 2.42. The van der Waals surface area contributed by atoms with Crippen LogP contribution in [-0.2, 0) is 4.79 Å². The van der Waals surface area contributed by atoms with E-state index in [9.17, 15) is 9.59 Å². The van der Waals surface area contributed by atoms with Gasteiger partial charge >= 0.3 is 5.97 Å². The lowest BCUT2D eigenvalue weighted by Gasteiger charge is -2.33. The van der Waals surface area contributed by atoms with Crippen LogP contribution in [0.3, 0.4) is 0 Å². The van der Waals surface area contributed by atoms with Crippen molar-refractivity contribution in [3.8, 4) is 0 Å². The van der Waals surface area contributed by atoms with Gasteiger partial charge in [0.25, 0.3) is 5.91 Å². The van der Waals surface area contributed by atoms with Crippen molar-refractivity contribution >= 4 is 11.9 Å². The van der Waals surface area contributed by atoms with E-state index < -0.39 is 17.4 Å². The number of carboxylic acid groups (broad SMARTS) is 1. The fraction of sp³-hybridized carbons (Fsp3) is 0.500. The molecule has 0 aliphatic rings. The number of nitrogens with zero attached hydrogens (tertiary/aromatic N) is 2. The minimum atomic E-state index is -1.27. The molecule has 0 fully saturated rings. The predicted octanol–water partition coefficient (Wildman–Crippen LogP) is 1.000. The Hall–Kier alpha value is -1.85. The quantitative estimate of drug-likeness (QED) is 0.827. The van der Waals surface area contributed by atoms with E-state index in [0.29, 0.717) is 0 Å². The maximum atomic E-state index is 11.9. The van der Waals surface area contributed by atoms with Gasteiger partial charge in [0.05, 0.1) is 0 Å². The summed E-state index contributed by atoms with van der Waals surface area (Å²) in [4.78, 5) is 24.2. The molecule has 0 radical (unpaired) electrons. The number of hydrogen-bond acceptors (Lipinski definition) is 4. The lowest BCUT2D eigenvalue weighted by atomic mass is 10.0. The molecule has 0 atom stereocenters. The Morgan fingerprint density at radius 2 is 2.19 bits per heavy atom. The van der Waals surface area contributed by atoms with Crippen LogP contribution in [0.5, 0.6) is 0 Å². The Kier molecular flexibility index (Phi) is 3.31. The highest BCUT2D eigenvalue weighted by atomic mass is 16.5. The molecule has 0 spiro atoms. The smallest absolute Gasteiger partial charge is 0.329 e.